The van der Waals surface area contributed by atoms with Gasteiger partial charge in [0.25, 0.3) is 5.91 Å². The molecule has 0 aromatic heterocycles. The molecule has 6 heteroatoms. The molecule has 130 valence electrons. The van der Waals surface area contributed by atoms with Gasteiger partial charge in [0.05, 0.1) is 7.11 Å². The number of carbonyl (C=O) groups excluding carboxylic acids is 2. The molecule has 1 heterocycles. The van der Waals surface area contributed by atoms with Crippen LogP contribution in [0.3, 0.4) is 0 Å². The van der Waals surface area contributed by atoms with Gasteiger partial charge in [0.1, 0.15) is 5.75 Å². The summed E-state index contributed by atoms with van der Waals surface area (Å²) < 4.78 is 5.14. The van der Waals surface area contributed by atoms with Crippen molar-refractivity contribution in [2.75, 3.05) is 25.6 Å². The summed E-state index contributed by atoms with van der Waals surface area (Å²) in [6.45, 7) is 1.07. The Morgan fingerprint density at radius 3 is 2.60 bits per heavy atom. The monoisotopic (exact) mass is 339 g/mol. The predicted molar refractivity (Wildman–Crippen MR) is 96.1 cm³/mol. The fourth-order valence-electron chi connectivity index (χ4n) is 2.91. The number of methoxy groups -OCH3 is 1. The molecule has 3 amide bonds. The molecule has 2 aromatic carbocycles. The summed E-state index contributed by atoms with van der Waals surface area (Å²) in [5, 5.41) is 5.28. The number of nitrogens with one attached hydrogen (secondary N) is 2. The first-order valence-corrected chi connectivity index (χ1v) is 8.15. The van der Waals surface area contributed by atoms with Gasteiger partial charge in [-0.05, 0) is 47.9 Å². The summed E-state index contributed by atoms with van der Waals surface area (Å²) in [7, 11) is 3.18. The number of carbonyl (C=O) groups is 2. The molecule has 0 aliphatic carbocycles. The highest BCUT2D eigenvalue weighted by atomic mass is 16.5. The van der Waals surface area contributed by atoms with Gasteiger partial charge in [0, 0.05) is 31.4 Å². The molecule has 25 heavy (non-hydrogen) atoms. The molecule has 1 aliphatic rings. The fourth-order valence-corrected chi connectivity index (χ4v) is 2.91. The normalized spacial score (nSPS) is 12.5. The van der Waals surface area contributed by atoms with Crippen molar-refractivity contribution in [2.45, 2.75) is 13.0 Å². The quantitative estimate of drug-likeness (QED) is 0.898. The number of hydrogen-bond acceptors (Lipinski definition) is 3. The smallest absolute Gasteiger partial charge is 0.314 e. The predicted octanol–water partition coefficient (Wildman–Crippen LogP) is 2.33. The molecule has 3 rings (SSSR count). The number of ether oxygens (including phenoxy) is 1. The van der Waals surface area contributed by atoms with Crippen LogP contribution in [0.4, 0.5) is 10.5 Å². The number of anilines is 1. The lowest BCUT2D eigenvalue weighted by atomic mass is 10.1. The molecule has 2 aromatic rings. The second-order valence-electron chi connectivity index (χ2n) is 5.83. The Bertz CT molecular complexity index is 787. The molecule has 0 saturated heterocycles. The van der Waals surface area contributed by atoms with Crippen molar-refractivity contribution in [2.24, 2.45) is 0 Å². The Hall–Kier alpha value is -3.02. The summed E-state index contributed by atoms with van der Waals surface area (Å²) in [4.78, 5) is 26.0. The summed E-state index contributed by atoms with van der Waals surface area (Å²) in [6.07, 6.45) is 0.834. The largest absolute Gasteiger partial charge is 0.497 e. The second-order valence-corrected chi connectivity index (χ2v) is 5.83. The number of urea groups is 1. The van der Waals surface area contributed by atoms with Gasteiger partial charge < -0.3 is 20.3 Å². The van der Waals surface area contributed by atoms with Gasteiger partial charge in [-0.15, -0.1) is 0 Å². The van der Waals surface area contributed by atoms with Crippen molar-refractivity contribution >= 4 is 17.6 Å². The Morgan fingerprint density at radius 2 is 1.92 bits per heavy atom. The summed E-state index contributed by atoms with van der Waals surface area (Å²) in [5.41, 5.74) is 3.64. The van der Waals surface area contributed by atoms with E-state index >= 15 is 0 Å². The molecular weight excluding hydrogens is 318 g/mol. The van der Waals surface area contributed by atoms with Crippen molar-refractivity contribution in [3.05, 3.63) is 59.2 Å². The number of amides is 3. The van der Waals surface area contributed by atoms with Gasteiger partial charge in [-0.1, -0.05) is 12.1 Å². The van der Waals surface area contributed by atoms with E-state index in [9.17, 15) is 9.59 Å². The van der Waals surface area contributed by atoms with Crippen molar-refractivity contribution in [1.29, 1.82) is 0 Å². The van der Waals surface area contributed by atoms with Crippen LogP contribution in [0.5, 0.6) is 5.75 Å². The Morgan fingerprint density at radius 1 is 1.16 bits per heavy atom. The lowest BCUT2D eigenvalue weighted by molar-refractivity contribution is 0.0989. The van der Waals surface area contributed by atoms with Gasteiger partial charge in [0.2, 0.25) is 0 Å². The van der Waals surface area contributed by atoms with Crippen LogP contribution in [-0.2, 0) is 13.0 Å². The first-order valence-electron chi connectivity index (χ1n) is 8.15. The SMILES string of the molecule is CNC(=O)NCc1ccc2c(c1)N(C(=O)c1ccc(OC)cc1)CC2. The molecule has 0 unspecified atom stereocenters. The maximum Gasteiger partial charge on any atom is 0.314 e. The van der Waals surface area contributed by atoms with E-state index in [0.29, 0.717) is 18.7 Å². The van der Waals surface area contributed by atoms with E-state index in [0.717, 1.165) is 29.0 Å². The number of hydrogen-bond donors (Lipinski definition) is 2. The van der Waals surface area contributed by atoms with Crippen molar-refractivity contribution in [3.63, 3.8) is 0 Å². The maximum atomic E-state index is 12.8. The molecule has 0 spiro atoms. The average Bonchev–Trinajstić information content (AvgIpc) is 3.08. The first kappa shape index (κ1) is 16.8. The van der Waals surface area contributed by atoms with E-state index in [1.807, 2.05) is 18.2 Å². The lowest BCUT2D eigenvalue weighted by Gasteiger charge is -2.18. The summed E-state index contributed by atoms with van der Waals surface area (Å²) in [6, 6.07) is 12.9. The Kier molecular flexibility index (Phi) is 4.88. The van der Waals surface area contributed by atoms with E-state index in [1.54, 1.807) is 43.3 Å². The van der Waals surface area contributed by atoms with Crippen molar-refractivity contribution in [3.8, 4) is 5.75 Å². The third-order valence-corrected chi connectivity index (χ3v) is 4.31. The molecule has 0 atom stereocenters. The molecule has 0 bridgehead atoms. The van der Waals surface area contributed by atoms with Gasteiger partial charge in [0.15, 0.2) is 0 Å². The molecular formula is C19H21N3O3. The number of nitrogens with zero attached hydrogens (tertiary/aromatic N) is 1. The van der Waals surface area contributed by atoms with Crippen LogP contribution in [0.25, 0.3) is 0 Å². The van der Waals surface area contributed by atoms with Crippen LogP contribution in [0.15, 0.2) is 42.5 Å². The van der Waals surface area contributed by atoms with Crippen LogP contribution in [0, 0.1) is 0 Å². The molecule has 0 radical (unpaired) electrons. The van der Waals surface area contributed by atoms with E-state index in [-0.39, 0.29) is 11.9 Å². The number of rotatable bonds is 4. The Balaban J connectivity index is 1.79. The first-order chi connectivity index (χ1) is 12.1. The minimum absolute atomic E-state index is 0.0298. The zero-order valence-electron chi connectivity index (χ0n) is 14.3. The topological polar surface area (TPSA) is 70.7 Å². The molecule has 2 N–H and O–H groups in total. The highest BCUT2D eigenvalue weighted by Gasteiger charge is 2.25. The summed E-state index contributed by atoms with van der Waals surface area (Å²) in [5.74, 6) is 0.693. The second kappa shape index (κ2) is 7.25. The van der Waals surface area contributed by atoms with Gasteiger partial charge in [-0.2, -0.15) is 0 Å². The molecule has 0 fully saturated rings. The number of benzene rings is 2. The number of fused-ring (bicyclic) bond motifs is 1. The zero-order valence-corrected chi connectivity index (χ0v) is 14.3. The molecule has 0 saturated carbocycles. The van der Waals surface area contributed by atoms with E-state index in [2.05, 4.69) is 10.6 Å². The highest BCUT2D eigenvalue weighted by molar-refractivity contribution is 6.07. The van der Waals surface area contributed by atoms with Gasteiger partial charge in [-0.3, -0.25) is 4.79 Å². The third-order valence-electron chi connectivity index (χ3n) is 4.31. The van der Waals surface area contributed by atoms with Gasteiger partial charge in [-0.25, -0.2) is 4.79 Å². The summed E-state index contributed by atoms with van der Waals surface area (Å²) >= 11 is 0. The van der Waals surface area contributed by atoms with Crippen LogP contribution in [0.2, 0.25) is 0 Å². The minimum atomic E-state index is -0.230. The van der Waals surface area contributed by atoms with E-state index in [1.165, 1.54) is 0 Å². The average molecular weight is 339 g/mol. The van der Waals surface area contributed by atoms with Crippen molar-refractivity contribution < 1.29 is 14.3 Å². The zero-order chi connectivity index (χ0) is 17.8. The van der Waals surface area contributed by atoms with Crippen LogP contribution < -0.4 is 20.3 Å². The van der Waals surface area contributed by atoms with Crippen LogP contribution in [-0.4, -0.2) is 32.6 Å². The molecule has 1 aliphatic heterocycles. The maximum absolute atomic E-state index is 12.8. The Labute approximate surface area is 146 Å². The van der Waals surface area contributed by atoms with E-state index < -0.39 is 0 Å². The minimum Gasteiger partial charge on any atom is -0.497 e. The van der Waals surface area contributed by atoms with Crippen LogP contribution in [0.1, 0.15) is 21.5 Å². The fraction of sp³-hybridized carbons (Fsp3) is 0.263. The van der Waals surface area contributed by atoms with Crippen molar-refractivity contribution in [1.82, 2.24) is 10.6 Å². The third kappa shape index (κ3) is 3.57. The highest BCUT2D eigenvalue weighted by Crippen LogP contribution is 2.30. The van der Waals surface area contributed by atoms with Gasteiger partial charge >= 0.3 is 6.03 Å². The van der Waals surface area contributed by atoms with Crippen LogP contribution >= 0.6 is 0 Å². The lowest BCUT2D eigenvalue weighted by Crippen LogP contribution is -2.32. The molecule has 6 nitrogen and oxygen atoms in total. The standard InChI is InChI=1S/C19H21N3O3/c1-20-19(24)21-12-13-3-4-14-9-10-22(17(14)11-13)18(23)15-5-7-16(25-2)8-6-15/h3-8,11H,9-10,12H2,1-2H3,(H2,20,21,24). The van der Waals surface area contributed by atoms with E-state index in [4.69, 9.17) is 4.74 Å².